The van der Waals surface area contributed by atoms with Gasteiger partial charge < -0.3 is 9.47 Å². The molecule has 0 aliphatic carbocycles. The molecule has 0 fully saturated rings. The largest absolute Gasteiger partial charge is 0.485 e. The maximum absolute atomic E-state index is 6.16. The van der Waals surface area contributed by atoms with E-state index in [0.717, 1.165) is 22.6 Å². The molecule has 0 radical (unpaired) electrons. The minimum Gasteiger partial charge on any atom is -0.485 e. The molecule has 0 spiro atoms. The number of hydrogen-bond donors (Lipinski definition) is 0. The zero-order valence-corrected chi connectivity index (χ0v) is 10.2. The van der Waals surface area contributed by atoms with Gasteiger partial charge in [-0.3, -0.25) is 0 Å². The van der Waals surface area contributed by atoms with Crippen molar-refractivity contribution in [1.29, 1.82) is 0 Å². The van der Waals surface area contributed by atoms with Gasteiger partial charge in [0.25, 0.3) is 0 Å². The Bertz CT molecular complexity index is 552. The predicted molar refractivity (Wildman–Crippen MR) is 68.8 cm³/mol. The summed E-state index contributed by atoms with van der Waals surface area (Å²) in [6.45, 7) is 2.20. The molecule has 2 nitrogen and oxygen atoms in total. The maximum atomic E-state index is 6.16. The van der Waals surface area contributed by atoms with E-state index >= 15 is 0 Å². The van der Waals surface area contributed by atoms with Gasteiger partial charge in [0, 0.05) is 17.0 Å². The van der Waals surface area contributed by atoms with Gasteiger partial charge in [-0.2, -0.15) is 0 Å². The molecule has 2 atom stereocenters. The van der Waals surface area contributed by atoms with Crippen LogP contribution in [0.3, 0.4) is 0 Å². The third-order valence-corrected chi connectivity index (χ3v) is 3.91. The molecule has 0 saturated carbocycles. The molecule has 0 saturated heterocycles. The SMILES string of the molecule is CC1C2Oc3ccccc3C1Oc1ccccc12. The molecule has 18 heavy (non-hydrogen) atoms. The molecule has 2 aliphatic heterocycles. The first-order chi connectivity index (χ1) is 8.84. The third-order valence-electron chi connectivity index (χ3n) is 3.91. The Morgan fingerprint density at radius 3 is 1.67 bits per heavy atom. The Morgan fingerprint density at radius 2 is 1.17 bits per heavy atom. The standard InChI is InChI=1S/C16H14O2/c1-10-15-11-6-2-4-8-13(11)17-16(10)12-7-3-5-9-14(12)18-15/h2-10,15-16H,1H3. The highest BCUT2D eigenvalue weighted by Gasteiger charge is 2.42. The van der Waals surface area contributed by atoms with Crippen molar-refractivity contribution < 1.29 is 9.47 Å². The average molecular weight is 238 g/mol. The Balaban J connectivity index is 1.90. The van der Waals surface area contributed by atoms with Crippen LogP contribution in [0.25, 0.3) is 0 Å². The van der Waals surface area contributed by atoms with Crippen LogP contribution in [-0.2, 0) is 0 Å². The molecule has 2 heterocycles. The second-order valence-electron chi connectivity index (χ2n) is 5.01. The maximum Gasteiger partial charge on any atom is 0.134 e. The van der Waals surface area contributed by atoms with Gasteiger partial charge in [-0.1, -0.05) is 43.3 Å². The molecule has 0 N–H and O–H groups in total. The van der Waals surface area contributed by atoms with Gasteiger partial charge in [0.2, 0.25) is 0 Å². The summed E-state index contributed by atoms with van der Waals surface area (Å²) < 4.78 is 12.3. The summed E-state index contributed by atoms with van der Waals surface area (Å²) >= 11 is 0. The fourth-order valence-electron chi connectivity index (χ4n) is 2.99. The Morgan fingerprint density at radius 1 is 0.722 bits per heavy atom. The minimum absolute atomic E-state index is 0.106. The summed E-state index contributed by atoms with van der Waals surface area (Å²) in [5, 5.41) is 0. The van der Waals surface area contributed by atoms with Crippen LogP contribution in [-0.4, -0.2) is 0 Å². The summed E-state index contributed by atoms with van der Waals surface area (Å²) in [6.07, 6.45) is 0.213. The molecule has 2 aliphatic rings. The monoisotopic (exact) mass is 238 g/mol. The highest BCUT2D eigenvalue weighted by Crippen LogP contribution is 2.52. The molecular weight excluding hydrogens is 224 g/mol. The molecule has 4 rings (SSSR count). The number of para-hydroxylation sites is 2. The molecule has 2 aromatic rings. The van der Waals surface area contributed by atoms with Gasteiger partial charge in [0.15, 0.2) is 0 Å². The minimum atomic E-state index is 0.106. The van der Waals surface area contributed by atoms with Crippen molar-refractivity contribution in [2.45, 2.75) is 19.1 Å². The van der Waals surface area contributed by atoms with Gasteiger partial charge in [-0.05, 0) is 12.1 Å². The molecule has 2 aromatic carbocycles. The lowest BCUT2D eigenvalue weighted by Crippen LogP contribution is -2.35. The molecule has 2 unspecified atom stereocenters. The molecule has 2 heteroatoms. The lowest BCUT2D eigenvalue weighted by atomic mass is 9.83. The van der Waals surface area contributed by atoms with Crippen molar-refractivity contribution in [3.63, 3.8) is 0 Å². The van der Waals surface area contributed by atoms with E-state index in [-0.39, 0.29) is 12.2 Å². The lowest BCUT2D eigenvalue weighted by Gasteiger charge is -2.42. The quantitative estimate of drug-likeness (QED) is 0.693. The second-order valence-corrected chi connectivity index (χ2v) is 5.01. The van der Waals surface area contributed by atoms with E-state index in [4.69, 9.17) is 9.47 Å². The van der Waals surface area contributed by atoms with Crippen LogP contribution < -0.4 is 9.47 Å². The van der Waals surface area contributed by atoms with Crippen molar-refractivity contribution in [2.75, 3.05) is 0 Å². The Labute approximate surface area is 106 Å². The van der Waals surface area contributed by atoms with Crippen molar-refractivity contribution in [3.05, 3.63) is 59.7 Å². The third kappa shape index (κ3) is 1.23. The van der Waals surface area contributed by atoms with Crippen LogP contribution in [0.15, 0.2) is 48.5 Å². The zero-order valence-electron chi connectivity index (χ0n) is 10.2. The molecular formula is C16H14O2. The smallest absolute Gasteiger partial charge is 0.134 e. The van der Waals surface area contributed by atoms with Crippen molar-refractivity contribution in [3.8, 4) is 11.5 Å². The highest BCUT2D eigenvalue weighted by atomic mass is 16.5. The van der Waals surface area contributed by atoms with Crippen LogP contribution in [0.2, 0.25) is 0 Å². The molecule has 2 bridgehead atoms. The summed E-state index contributed by atoms with van der Waals surface area (Å²) in [7, 11) is 0. The van der Waals surface area contributed by atoms with Gasteiger partial charge in [0.05, 0.1) is 0 Å². The van der Waals surface area contributed by atoms with E-state index in [9.17, 15) is 0 Å². The van der Waals surface area contributed by atoms with Gasteiger partial charge >= 0.3 is 0 Å². The molecule has 90 valence electrons. The van der Waals surface area contributed by atoms with Gasteiger partial charge in [0.1, 0.15) is 23.7 Å². The van der Waals surface area contributed by atoms with Crippen LogP contribution in [0, 0.1) is 5.92 Å². The van der Waals surface area contributed by atoms with E-state index in [1.54, 1.807) is 0 Å². The number of ether oxygens (including phenoxy) is 2. The van der Waals surface area contributed by atoms with Crippen molar-refractivity contribution >= 4 is 0 Å². The number of hydrogen-bond acceptors (Lipinski definition) is 2. The first kappa shape index (κ1) is 10.0. The second kappa shape index (κ2) is 3.52. The van der Waals surface area contributed by atoms with Crippen molar-refractivity contribution in [2.24, 2.45) is 5.92 Å². The fourth-order valence-corrected chi connectivity index (χ4v) is 2.99. The van der Waals surface area contributed by atoms with E-state index in [2.05, 4.69) is 19.1 Å². The first-order valence-corrected chi connectivity index (χ1v) is 6.36. The summed E-state index contributed by atoms with van der Waals surface area (Å²) in [4.78, 5) is 0. The summed E-state index contributed by atoms with van der Waals surface area (Å²) in [5.74, 6) is 2.26. The van der Waals surface area contributed by atoms with Crippen LogP contribution in [0.1, 0.15) is 30.3 Å². The van der Waals surface area contributed by atoms with E-state index in [1.165, 1.54) is 0 Å². The average Bonchev–Trinajstić information content (AvgIpc) is 2.40. The van der Waals surface area contributed by atoms with Crippen molar-refractivity contribution in [1.82, 2.24) is 0 Å². The van der Waals surface area contributed by atoms with E-state index < -0.39 is 0 Å². The van der Waals surface area contributed by atoms with E-state index in [1.807, 2.05) is 36.4 Å². The zero-order chi connectivity index (χ0) is 12.1. The number of benzene rings is 2. The topological polar surface area (TPSA) is 18.5 Å². The van der Waals surface area contributed by atoms with E-state index in [0.29, 0.717) is 5.92 Å². The van der Waals surface area contributed by atoms with Crippen LogP contribution in [0.5, 0.6) is 11.5 Å². The first-order valence-electron chi connectivity index (χ1n) is 6.36. The lowest BCUT2D eigenvalue weighted by molar-refractivity contribution is -0.00277. The van der Waals surface area contributed by atoms with Crippen LogP contribution in [0.4, 0.5) is 0 Å². The predicted octanol–water partition coefficient (Wildman–Crippen LogP) is 3.89. The molecule has 0 aromatic heterocycles. The Kier molecular flexibility index (Phi) is 1.95. The van der Waals surface area contributed by atoms with Gasteiger partial charge in [-0.25, -0.2) is 0 Å². The highest BCUT2D eigenvalue weighted by molar-refractivity contribution is 5.46. The Hall–Kier alpha value is -1.96. The summed E-state index contributed by atoms with van der Waals surface area (Å²) in [5.41, 5.74) is 2.33. The molecule has 0 amide bonds. The normalized spacial score (nSPS) is 27.5. The number of fused-ring (bicyclic) bond motifs is 6. The number of rotatable bonds is 0. The fraction of sp³-hybridized carbons (Fsp3) is 0.250. The van der Waals surface area contributed by atoms with Gasteiger partial charge in [-0.15, -0.1) is 0 Å². The van der Waals surface area contributed by atoms with Crippen LogP contribution >= 0.6 is 0 Å². The summed E-state index contributed by atoms with van der Waals surface area (Å²) in [6, 6.07) is 16.4.